The van der Waals surface area contributed by atoms with Gasteiger partial charge in [-0.05, 0) is 49.6 Å². The number of methoxy groups -OCH3 is 1. The largest absolute Gasteiger partial charge is 0.495 e. The van der Waals surface area contributed by atoms with Gasteiger partial charge in [0.2, 0.25) is 0 Å². The highest BCUT2D eigenvalue weighted by Gasteiger charge is 2.27. The van der Waals surface area contributed by atoms with Crippen LogP contribution in [0, 0.1) is 0 Å². The van der Waals surface area contributed by atoms with Crippen molar-refractivity contribution in [2.45, 2.75) is 38.3 Å². The van der Waals surface area contributed by atoms with Crippen LogP contribution in [-0.4, -0.2) is 38.3 Å². The van der Waals surface area contributed by atoms with Crippen LogP contribution in [0.5, 0.6) is 5.75 Å². The Balaban J connectivity index is 1.76. The third kappa shape index (κ3) is 4.31. The number of aliphatic carboxylic acids is 1. The summed E-state index contributed by atoms with van der Waals surface area (Å²) in [5.74, 6) is -1.10. The van der Waals surface area contributed by atoms with Crippen LogP contribution in [0.25, 0.3) is 11.1 Å². The minimum Gasteiger partial charge on any atom is -0.495 e. The van der Waals surface area contributed by atoms with Gasteiger partial charge in [-0.25, -0.2) is 4.79 Å². The number of aromatic nitrogens is 3. The minimum atomic E-state index is -1.17. The second-order valence-corrected chi connectivity index (χ2v) is 8.26. The maximum atomic E-state index is 13.0. The van der Waals surface area contributed by atoms with Crippen molar-refractivity contribution in [3.63, 3.8) is 0 Å². The van der Waals surface area contributed by atoms with Gasteiger partial charge in [0.25, 0.3) is 5.56 Å². The van der Waals surface area contributed by atoms with Crippen LogP contribution < -0.4 is 10.3 Å². The third-order valence-corrected chi connectivity index (χ3v) is 5.76. The molecule has 2 aromatic heterocycles. The molecule has 0 bridgehead atoms. The second kappa shape index (κ2) is 8.63. The maximum Gasteiger partial charge on any atom is 0.327 e. The zero-order chi connectivity index (χ0) is 23.0. The van der Waals surface area contributed by atoms with Crippen molar-refractivity contribution in [2.75, 3.05) is 7.11 Å². The van der Waals surface area contributed by atoms with Crippen molar-refractivity contribution in [1.29, 1.82) is 0 Å². The van der Waals surface area contributed by atoms with E-state index in [0.717, 1.165) is 17.4 Å². The molecule has 4 rings (SSSR count). The highest BCUT2D eigenvalue weighted by atomic mass is 35.5. The molecule has 0 radical (unpaired) electrons. The number of rotatable bonds is 8. The molecular weight excluding hydrogens is 434 g/mol. The van der Waals surface area contributed by atoms with Crippen LogP contribution >= 0.6 is 11.6 Å². The van der Waals surface area contributed by atoms with Crippen LogP contribution in [0.1, 0.15) is 47.9 Å². The number of carboxylic acid groups (broad SMARTS) is 1. The molecule has 0 spiro atoms. The number of ether oxygens (including phenoxy) is 1. The van der Waals surface area contributed by atoms with E-state index < -0.39 is 17.6 Å². The molecule has 1 saturated carbocycles. The number of Topliss-reactive ketones (excluding diaryl/α,β-unsaturated/α-hetero) is 1. The number of carboxylic acids is 1. The summed E-state index contributed by atoms with van der Waals surface area (Å²) in [7, 11) is 1.42. The molecule has 2 heterocycles. The number of nitrogens with zero attached hydrogens (tertiary/aromatic N) is 3. The minimum absolute atomic E-state index is 0.0489. The van der Waals surface area contributed by atoms with Gasteiger partial charge in [0.05, 0.1) is 25.0 Å². The number of hydrogen-bond acceptors (Lipinski definition) is 5. The van der Waals surface area contributed by atoms with E-state index in [0.29, 0.717) is 33.4 Å². The molecule has 0 aliphatic heterocycles. The molecule has 1 aromatic carbocycles. The monoisotopic (exact) mass is 455 g/mol. The average Bonchev–Trinajstić information content (AvgIpc) is 3.50. The number of carbonyl (C=O) groups is 2. The number of carbonyl (C=O) groups excluding carboxylic acids is 1. The molecule has 8 nitrogen and oxygen atoms in total. The summed E-state index contributed by atoms with van der Waals surface area (Å²) in [5.41, 5.74) is 1.24. The Bertz CT molecular complexity index is 1260. The smallest absolute Gasteiger partial charge is 0.327 e. The first-order valence-electron chi connectivity index (χ1n) is 10.2. The fourth-order valence-corrected chi connectivity index (χ4v) is 3.90. The number of benzene rings is 1. The molecule has 3 aromatic rings. The number of pyridine rings is 1. The molecule has 0 saturated heterocycles. The Morgan fingerprint density at radius 1 is 1.25 bits per heavy atom. The topological polar surface area (TPSA) is 103 Å². The van der Waals surface area contributed by atoms with E-state index in [-0.39, 0.29) is 18.0 Å². The predicted octanol–water partition coefficient (Wildman–Crippen LogP) is 3.78. The summed E-state index contributed by atoms with van der Waals surface area (Å²) in [6, 6.07) is 7.02. The SMILES string of the molecule is COc1cn(C(Cc2ccn(C3CC3)n2)C(=O)O)c(=O)cc1-c1cc(Cl)ccc1C(C)=O. The van der Waals surface area contributed by atoms with Crippen molar-refractivity contribution in [2.24, 2.45) is 0 Å². The quantitative estimate of drug-likeness (QED) is 0.518. The van der Waals surface area contributed by atoms with Crippen molar-refractivity contribution in [1.82, 2.24) is 14.3 Å². The Morgan fingerprint density at radius 3 is 2.62 bits per heavy atom. The molecule has 166 valence electrons. The van der Waals surface area contributed by atoms with Gasteiger partial charge in [-0.3, -0.25) is 18.8 Å². The molecular formula is C23H22ClN3O5. The van der Waals surface area contributed by atoms with E-state index in [1.54, 1.807) is 24.3 Å². The highest BCUT2D eigenvalue weighted by Crippen LogP contribution is 2.35. The van der Waals surface area contributed by atoms with Gasteiger partial charge in [0.15, 0.2) is 5.78 Å². The lowest BCUT2D eigenvalue weighted by molar-refractivity contribution is -0.141. The summed E-state index contributed by atoms with van der Waals surface area (Å²) in [5, 5.41) is 14.7. The Hall–Kier alpha value is -3.39. The molecule has 1 atom stereocenters. The van der Waals surface area contributed by atoms with E-state index in [1.165, 1.54) is 26.3 Å². The van der Waals surface area contributed by atoms with Gasteiger partial charge in [-0.2, -0.15) is 5.10 Å². The number of hydrogen-bond donors (Lipinski definition) is 1. The lowest BCUT2D eigenvalue weighted by Crippen LogP contribution is -2.31. The summed E-state index contributed by atoms with van der Waals surface area (Å²) >= 11 is 6.13. The van der Waals surface area contributed by atoms with Crippen molar-refractivity contribution >= 4 is 23.4 Å². The van der Waals surface area contributed by atoms with Crippen LogP contribution in [0.2, 0.25) is 5.02 Å². The van der Waals surface area contributed by atoms with E-state index in [4.69, 9.17) is 16.3 Å². The van der Waals surface area contributed by atoms with E-state index >= 15 is 0 Å². The predicted molar refractivity (Wildman–Crippen MR) is 119 cm³/mol. The molecule has 1 aliphatic rings. The number of halogens is 1. The van der Waals surface area contributed by atoms with E-state index in [9.17, 15) is 19.5 Å². The fraction of sp³-hybridized carbons (Fsp3) is 0.304. The fourth-order valence-electron chi connectivity index (χ4n) is 3.72. The van der Waals surface area contributed by atoms with Crippen molar-refractivity contribution < 1.29 is 19.4 Å². The average molecular weight is 456 g/mol. The maximum absolute atomic E-state index is 13.0. The molecule has 9 heteroatoms. The van der Waals surface area contributed by atoms with Crippen LogP contribution in [0.15, 0.2) is 47.5 Å². The second-order valence-electron chi connectivity index (χ2n) is 7.82. The summed E-state index contributed by atoms with van der Waals surface area (Å²) in [4.78, 5) is 37.2. The van der Waals surface area contributed by atoms with Gasteiger partial charge in [0.1, 0.15) is 11.8 Å². The first-order valence-corrected chi connectivity index (χ1v) is 10.5. The first-order chi connectivity index (χ1) is 15.3. The first kappa shape index (κ1) is 21.8. The van der Waals surface area contributed by atoms with Crippen molar-refractivity contribution in [3.8, 4) is 16.9 Å². The Morgan fingerprint density at radius 2 is 2.00 bits per heavy atom. The standard InChI is InChI=1S/C23H22ClN3O5/c1-13(28)17-6-3-14(24)9-18(17)19-11-22(29)26(12-21(19)32-2)20(23(30)31)10-15-7-8-27(25-15)16-4-5-16/h3,6-9,11-12,16,20H,4-5,10H2,1-2H3,(H,30,31). The molecule has 1 unspecified atom stereocenters. The molecule has 1 N–H and O–H groups in total. The van der Waals surface area contributed by atoms with Crippen LogP contribution in [-0.2, 0) is 11.2 Å². The molecule has 32 heavy (non-hydrogen) atoms. The van der Waals surface area contributed by atoms with Gasteiger partial charge < -0.3 is 9.84 Å². The Kier molecular flexibility index (Phi) is 5.88. The van der Waals surface area contributed by atoms with Crippen molar-refractivity contribution in [3.05, 3.63) is 69.4 Å². The van der Waals surface area contributed by atoms with Crippen LogP contribution in [0.3, 0.4) is 0 Å². The summed E-state index contributed by atoms with van der Waals surface area (Å²) in [6.07, 6.45) is 5.37. The normalized spacial score (nSPS) is 14.2. The van der Waals surface area contributed by atoms with Gasteiger partial charge in [-0.15, -0.1) is 0 Å². The van der Waals surface area contributed by atoms with Gasteiger partial charge in [-0.1, -0.05) is 11.6 Å². The van der Waals surface area contributed by atoms with Crippen LogP contribution in [0.4, 0.5) is 0 Å². The lowest BCUT2D eigenvalue weighted by Gasteiger charge is -2.18. The number of ketones is 1. The van der Waals surface area contributed by atoms with Gasteiger partial charge in [0, 0.05) is 34.8 Å². The lowest BCUT2D eigenvalue weighted by atomic mass is 9.97. The van der Waals surface area contributed by atoms with E-state index in [2.05, 4.69) is 5.10 Å². The highest BCUT2D eigenvalue weighted by molar-refractivity contribution is 6.31. The molecule has 0 amide bonds. The van der Waals surface area contributed by atoms with E-state index in [1.807, 2.05) is 10.9 Å². The summed E-state index contributed by atoms with van der Waals surface area (Å²) < 4.78 is 8.43. The Labute approximate surface area is 189 Å². The molecule has 1 aliphatic carbocycles. The third-order valence-electron chi connectivity index (χ3n) is 5.52. The summed E-state index contributed by atoms with van der Waals surface area (Å²) in [6.45, 7) is 1.42. The zero-order valence-electron chi connectivity index (χ0n) is 17.6. The van der Waals surface area contributed by atoms with Gasteiger partial charge >= 0.3 is 5.97 Å². The molecule has 1 fully saturated rings. The zero-order valence-corrected chi connectivity index (χ0v) is 18.4.